The number of hydrazine groups is 1. The minimum atomic E-state index is 0.0672. The molecule has 16 heavy (non-hydrogen) atoms. The van der Waals surface area contributed by atoms with Gasteiger partial charge in [0.25, 0.3) is 0 Å². The molecule has 88 valence electrons. The molecule has 1 unspecified atom stereocenters. The smallest absolute Gasteiger partial charge is 0.0525 e. The van der Waals surface area contributed by atoms with Crippen LogP contribution in [-0.4, -0.2) is 18.2 Å². The second kappa shape index (κ2) is 5.25. The summed E-state index contributed by atoms with van der Waals surface area (Å²) in [5, 5.41) is 0. The summed E-state index contributed by atoms with van der Waals surface area (Å²) >= 11 is 0. The van der Waals surface area contributed by atoms with E-state index < -0.39 is 0 Å². The number of ether oxygens (including phenoxy) is 1. The lowest BCUT2D eigenvalue weighted by molar-refractivity contribution is 0.0536. The van der Waals surface area contributed by atoms with Crippen LogP contribution in [0.2, 0.25) is 0 Å². The van der Waals surface area contributed by atoms with E-state index in [2.05, 4.69) is 10.4 Å². The van der Waals surface area contributed by atoms with E-state index in [1.807, 2.05) is 0 Å². The summed E-state index contributed by atoms with van der Waals surface area (Å²) in [5.41, 5.74) is 10.5. The molecule has 1 fully saturated rings. The van der Waals surface area contributed by atoms with Crippen LogP contribution in [0.1, 0.15) is 24.4 Å². The molecule has 0 spiro atoms. The summed E-state index contributed by atoms with van der Waals surface area (Å²) in [6.07, 6.45) is 5.48. The molecule has 0 aromatic carbocycles. The molecule has 1 saturated heterocycles. The van der Waals surface area contributed by atoms with E-state index in [0.29, 0.717) is 5.92 Å². The van der Waals surface area contributed by atoms with Gasteiger partial charge in [0.15, 0.2) is 0 Å². The molecule has 0 bridgehead atoms. The quantitative estimate of drug-likeness (QED) is 0.515. The average molecular weight is 222 g/mol. The maximum absolute atomic E-state index is 5.94. The Morgan fingerprint density at radius 2 is 2.19 bits per heavy atom. The van der Waals surface area contributed by atoms with Crippen molar-refractivity contribution in [1.82, 2.24) is 10.4 Å². The summed E-state index contributed by atoms with van der Waals surface area (Å²) < 4.78 is 5.35. The van der Waals surface area contributed by atoms with Crippen LogP contribution in [0.4, 0.5) is 5.69 Å². The topological polar surface area (TPSA) is 86.2 Å². The van der Waals surface area contributed by atoms with Gasteiger partial charge in [-0.3, -0.25) is 16.3 Å². The van der Waals surface area contributed by atoms with Crippen LogP contribution in [0.5, 0.6) is 0 Å². The van der Waals surface area contributed by atoms with Crippen LogP contribution in [0.25, 0.3) is 0 Å². The average Bonchev–Trinajstić information content (AvgIpc) is 2.34. The maximum Gasteiger partial charge on any atom is 0.0525 e. The number of rotatable bonds is 3. The molecule has 1 aromatic heterocycles. The van der Waals surface area contributed by atoms with Crippen molar-refractivity contribution in [2.75, 3.05) is 18.9 Å². The zero-order chi connectivity index (χ0) is 11.4. The molecule has 5 heteroatoms. The van der Waals surface area contributed by atoms with E-state index in [9.17, 15) is 0 Å². The van der Waals surface area contributed by atoms with Crippen LogP contribution >= 0.6 is 0 Å². The number of hydrogen-bond donors (Lipinski definition) is 3. The predicted octanol–water partition coefficient (Wildman–Crippen LogP) is 0.595. The highest BCUT2D eigenvalue weighted by Crippen LogP contribution is 2.31. The highest BCUT2D eigenvalue weighted by Gasteiger charge is 2.25. The number of anilines is 1. The van der Waals surface area contributed by atoms with E-state index in [1.54, 1.807) is 18.5 Å². The summed E-state index contributed by atoms with van der Waals surface area (Å²) in [6, 6.07) is 1.87. The number of nitrogens with zero attached hydrogens (tertiary/aromatic N) is 1. The first kappa shape index (κ1) is 11.3. The van der Waals surface area contributed by atoms with Crippen molar-refractivity contribution in [3.05, 3.63) is 24.0 Å². The molecule has 1 aliphatic rings. The molecular formula is C11H18N4O. The van der Waals surface area contributed by atoms with E-state index in [0.717, 1.165) is 37.3 Å². The minimum Gasteiger partial charge on any atom is -0.398 e. The van der Waals surface area contributed by atoms with Crippen LogP contribution in [0, 0.1) is 5.92 Å². The van der Waals surface area contributed by atoms with Crippen molar-refractivity contribution in [2.24, 2.45) is 11.8 Å². The molecular weight excluding hydrogens is 204 g/mol. The standard InChI is InChI=1S/C11H18N4O/c12-10-1-4-14-7-9(10)11(15-13)8-2-5-16-6-3-8/h1,4,7-8,11,15H,2-3,5-6,13H2,(H2,12,14). The molecule has 2 heterocycles. The summed E-state index contributed by atoms with van der Waals surface area (Å²) in [5.74, 6) is 6.09. The SMILES string of the molecule is NNC(c1cnccc1N)C1CCOCC1. The lowest BCUT2D eigenvalue weighted by Crippen LogP contribution is -2.36. The summed E-state index contributed by atoms with van der Waals surface area (Å²) in [6.45, 7) is 1.59. The van der Waals surface area contributed by atoms with Crippen molar-refractivity contribution in [3.8, 4) is 0 Å². The molecule has 1 aliphatic heterocycles. The zero-order valence-corrected chi connectivity index (χ0v) is 9.23. The minimum absolute atomic E-state index is 0.0672. The number of nitrogens with two attached hydrogens (primary N) is 2. The number of pyridine rings is 1. The number of nitrogens with one attached hydrogen (secondary N) is 1. The number of aromatic nitrogens is 1. The van der Waals surface area contributed by atoms with Gasteiger partial charge in [0.2, 0.25) is 0 Å². The normalized spacial score (nSPS) is 19.6. The first-order valence-electron chi connectivity index (χ1n) is 5.56. The third-order valence-electron chi connectivity index (χ3n) is 3.14. The Labute approximate surface area is 95.1 Å². The molecule has 0 aliphatic carbocycles. The number of nitrogen functional groups attached to an aromatic ring is 1. The van der Waals surface area contributed by atoms with E-state index in [4.69, 9.17) is 16.3 Å². The van der Waals surface area contributed by atoms with Crippen molar-refractivity contribution < 1.29 is 4.74 Å². The lowest BCUT2D eigenvalue weighted by atomic mass is 9.87. The van der Waals surface area contributed by atoms with E-state index in [-0.39, 0.29) is 6.04 Å². The maximum atomic E-state index is 5.94. The monoisotopic (exact) mass is 222 g/mol. The molecule has 0 radical (unpaired) electrons. The number of hydrogen-bond acceptors (Lipinski definition) is 5. The molecule has 5 N–H and O–H groups in total. The zero-order valence-electron chi connectivity index (χ0n) is 9.23. The summed E-state index contributed by atoms with van der Waals surface area (Å²) in [7, 11) is 0. The van der Waals surface area contributed by atoms with Gasteiger partial charge >= 0.3 is 0 Å². The molecule has 0 amide bonds. The summed E-state index contributed by atoms with van der Waals surface area (Å²) in [4.78, 5) is 4.10. The lowest BCUT2D eigenvalue weighted by Gasteiger charge is -2.30. The molecule has 1 aromatic rings. The second-order valence-corrected chi connectivity index (χ2v) is 4.10. The van der Waals surface area contributed by atoms with Crippen molar-refractivity contribution in [1.29, 1.82) is 0 Å². The Morgan fingerprint density at radius 3 is 2.81 bits per heavy atom. The van der Waals surface area contributed by atoms with Crippen LogP contribution < -0.4 is 17.0 Å². The van der Waals surface area contributed by atoms with Gasteiger partial charge in [0.05, 0.1) is 6.04 Å². The van der Waals surface area contributed by atoms with Gasteiger partial charge in [0, 0.05) is 36.9 Å². The first-order chi connectivity index (χ1) is 7.83. The van der Waals surface area contributed by atoms with Crippen LogP contribution in [0.15, 0.2) is 18.5 Å². The van der Waals surface area contributed by atoms with Gasteiger partial charge in [-0.2, -0.15) is 0 Å². The Bertz CT molecular complexity index is 339. The Morgan fingerprint density at radius 1 is 1.44 bits per heavy atom. The van der Waals surface area contributed by atoms with Crippen molar-refractivity contribution in [2.45, 2.75) is 18.9 Å². The fraction of sp³-hybridized carbons (Fsp3) is 0.545. The fourth-order valence-corrected chi connectivity index (χ4v) is 2.21. The Balaban J connectivity index is 2.18. The van der Waals surface area contributed by atoms with Gasteiger partial charge in [0.1, 0.15) is 0 Å². The third-order valence-corrected chi connectivity index (χ3v) is 3.14. The van der Waals surface area contributed by atoms with E-state index >= 15 is 0 Å². The fourth-order valence-electron chi connectivity index (χ4n) is 2.21. The van der Waals surface area contributed by atoms with Gasteiger partial charge in [-0.05, 0) is 24.8 Å². The van der Waals surface area contributed by atoms with Gasteiger partial charge < -0.3 is 10.5 Å². The van der Waals surface area contributed by atoms with Gasteiger partial charge in [-0.1, -0.05) is 0 Å². The Kier molecular flexibility index (Phi) is 3.71. The highest BCUT2D eigenvalue weighted by molar-refractivity contribution is 5.46. The third kappa shape index (κ3) is 2.32. The van der Waals surface area contributed by atoms with Crippen LogP contribution in [0.3, 0.4) is 0 Å². The molecule has 2 rings (SSSR count). The molecule has 1 atom stereocenters. The van der Waals surface area contributed by atoms with Gasteiger partial charge in [-0.15, -0.1) is 0 Å². The van der Waals surface area contributed by atoms with Gasteiger partial charge in [-0.25, -0.2) is 0 Å². The second-order valence-electron chi connectivity index (χ2n) is 4.10. The first-order valence-corrected chi connectivity index (χ1v) is 5.56. The molecule has 5 nitrogen and oxygen atoms in total. The highest BCUT2D eigenvalue weighted by atomic mass is 16.5. The molecule has 0 saturated carbocycles. The van der Waals surface area contributed by atoms with Crippen molar-refractivity contribution in [3.63, 3.8) is 0 Å². The van der Waals surface area contributed by atoms with Crippen LogP contribution in [-0.2, 0) is 4.74 Å². The van der Waals surface area contributed by atoms with Crippen molar-refractivity contribution >= 4 is 5.69 Å². The Hall–Kier alpha value is -1.17. The largest absolute Gasteiger partial charge is 0.398 e. The van der Waals surface area contributed by atoms with E-state index in [1.165, 1.54) is 0 Å². The predicted molar refractivity (Wildman–Crippen MR) is 62.3 cm³/mol.